The standard InChI is InChI=1S/C13H11BrN4OS/c1-2-3-11-12(20-18-17-11)13(19)16-10-5-4-9(14)6-8(10)7-15/h4-6H,2-3H2,1H3,(H,16,19). The van der Waals surface area contributed by atoms with Gasteiger partial charge in [-0.3, -0.25) is 4.79 Å². The van der Waals surface area contributed by atoms with Crippen LogP contribution in [0.2, 0.25) is 0 Å². The van der Waals surface area contributed by atoms with Crippen molar-refractivity contribution in [1.29, 1.82) is 5.26 Å². The Morgan fingerprint density at radius 1 is 1.55 bits per heavy atom. The van der Waals surface area contributed by atoms with Gasteiger partial charge in [-0.2, -0.15) is 5.26 Å². The maximum absolute atomic E-state index is 12.2. The van der Waals surface area contributed by atoms with Gasteiger partial charge in [-0.15, -0.1) is 5.10 Å². The Morgan fingerprint density at radius 3 is 3.05 bits per heavy atom. The molecule has 2 aromatic rings. The third kappa shape index (κ3) is 3.21. The SMILES string of the molecule is CCCc1nnsc1C(=O)Nc1ccc(Br)cc1C#N. The number of hydrogen-bond donors (Lipinski definition) is 1. The van der Waals surface area contributed by atoms with Crippen LogP contribution in [0.3, 0.4) is 0 Å². The molecule has 0 fully saturated rings. The van der Waals surface area contributed by atoms with E-state index in [1.54, 1.807) is 18.2 Å². The van der Waals surface area contributed by atoms with Crippen molar-refractivity contribution in [1.82, 2.24) is 9.59 Å². The van der Waals surface area contributed by atoms with E-state index in [1.807, 2.05) is 6.92 Å². The summed E-state index contributed by atoms with van der Waals surface area (Å²) in [6, 6.07) is 7.18. The molecule has 0 saturated carbocycles. The number of aromatic nitrogens is 2. The average Bonchev–Trinajstić information content (AvgIpc) is 2.89. The lowest BCUT2D eigenvalue weighted by Crippen LogP contribution is -2.13. The van der Waals surface area contributed by atoms with E-state index >= 15 is 0 Å². The van der Waals surface area contributed by atoms with Crippen molar-refractivity contribution in [3.63, 3.8) is 0 Å². The highest BCUT2D eigenvalue weighted by Crippen LogP contribution is 2.22. The quantitative estimate of drug-likeness (QED) is 0.916. The Hall–Kier alpha value is -1.78. The van der Waals surface area contributed by atoms with E-state index in [1.165, 1.54) is 0 Å². The maximum atomic E-state index is 12.2. The summed E-state index contributed by atoms with van der Waals surface area (Å²) < 4.78 is 4.61. The smallest absolute Gasteiger partial charge is 0.269 e. The molecule has 0 bridgehead atoms. The Bertz CT molecular complexity index is 677. The molecule has 2 rings (SSSR count). The van der Waals surface area contributed by atoms with Crippen molar-refractivity contribution < 1.29 is 4.79 Å². The van der Waals surface area contributed by atoms with Crippen molar-refractivity contribution in [2.45, 2.75) is 19.8 Å². The number of carbonyl (C=O) groups is 1. The lowest BCUT2D eigenvalue weighted by Gasteiger charge is -2.06. The van der Waals surface area contributed by atoms with Crippen molar-refractivity contribution in [2.24, 2.45) is 0 Å². The van der Waals surface area contributed by atoms with Crippen LogP contribution < -0.4 is 5.32 Å². The van der Waals surface area contributed by atoms with Gasteiger partial charge in [0.05, 0.1) is 16.9 Å². The second-order valence-corrected chi connectivity index (χ2v) is 5.72. The number of nitrogens with one attached hydrogen (secondary N) is 1. The minimum Gasteiger partial charge on any atom is -0.320 e. The summed E-state index contributed by atoms with van der Waals surface area (Å²) in [6.45, 7) is 2.02. The zero-order chi connectivity index (χ0) is 14.5. The molecule has 0 radical (unpaired) electrons. The van der Waals surface area contributed by atoms with Crippen LogP contribution in [-0.4, -0.2) is 15.5 Å². The van der Waals surface area contributed by atoms with Gasteiger partial charge in [0.25, 0.3) is 5.91 Å². The van der Waals surface area contributed by atoms with Crippen molar-refractivity contribution >= 4 is 39.1 Å². The van der Waals surface area contributed by atoms with Crippen LogP contribution >= 0.6 is 27.5 Å². The Labute approximate surface area is 128 Å². The summed E-state index contributed by atoms with van der Waals surface area (Å²) in [6.07, 6.45) is 1.61. The first-order valence-electron chi connectivity index (χ1n) is 5.98. The number of nitrogens with zero attached hydrogens (tertiary/aromatic N) is 3. The lowest BCUT2D eigenvalue weighted by atomic mass is 10.2. The zero-order valence-corrected chi connectivity index (χ0v) is 13.1. The largest absolute Gasteiger partial charge is 0.320 e. The fraction of sp³-hybridized carbons (Fsp3) is 0.231. The van der Waals surface area contributed by atoms with Gasteiger partial charge in [0.2, 0.25) is 0 Å². The van der Waals surface area contributed by atoms with E-state index in [4.69, 9.17) is 5.26 Å². The first-order chi connectivity index (χ1) is 9.65. The number of halogens is 1. The van der Waals surface area contributed by atoms with E-state index in [-0.39, 0.29) is 5.91 Å². The molecule has 5 nitrogen and oxygen atoms in total. The van der Waals surface area contributed by atoms with Gasteiger partial charge < -0.3 is 5.32 Å². The van der Waals surface area contributed by atoms with E-state index in [0.29, 0.717) is 28.2 Å². The first-order valence-corrected chi connectivity index (χ1v) is 7.54. The van der Waals surface area contributed by atoms with Crippen molar-refractivity contribution in [3.05, 3.63) is 38.8 Å². The number of carbonyl (C=O) groups excluding carboxylic acids is 1. The highest BCUT2D eigenvalue weighted by atomic mass is 79.9. The second kappa shape index (κ2) is 6.59. The minimum atomic E-state index is -0.276. The Kier molecular flexibility index (Phi) is 4.82. The Balaban J connectivity index is 2.24. The minimum absolute atomic E-state index is 0.276. The number of benzene rings is 1. The van der Waals surface area contributed by atoms with Gasteiger partial charge in [-0.05, 0) is 36.2 Å². The van der Waals surface area contributed by atoms with Gasteiger partial charge in [0.1, 0.15) is 10.9 Å². The summed E-state index contributed by atoms with van der Waals surface area (Å²) >= 11 is 4.36. The molecule has 0 aliphatic carbocycles. The molecule has 0 aliphatic heterocycles. The average molecular weight is 351 g/mol. The van der Waals surface area contributed by atoms with Crippen molar-refractivity contribution in [2.75, 3.05) is 5.32 Å². The molecule has 0 spiro atoms. The molecule has 20 heavy (non-hydrogen) atoms. The van der Waals surface area contributed by atoms with E-state index in [9.17, 15) is 4.79 Å². The predicted octanol–water partition coefficient (Wildman–Crippen LogP) is 3.38. The molecule has 0 saturated heterocycles. The number of anilines is 1. The molecule has 0 unspecified atom stereocenters. The molecule has 102 valence electrons. The zero-order valence-electron chi connectivity index (χ0n) is 10.7. The van der Waals surface area contributed by atoms with E-state index in [0.717, 1.165) is 22.4 Å². The van der Waals surface area contributed by atoms with Crippen LogP contribution in [0.15, 0.2) is 22.7 Å². The van der Waals surface area contributed by atoms with Crippen LogP contribution in [0, 0.1) is 11.3 Å². The fourth-order valence-corrected chi connectivity index (χ4v) is 2.64. The van der Waals surface area contributed by atoms with Gasteiger partial charge in [-0.1, -0.05) is 33.8 Å². The molecular formula is C13H11BrN4OS. The van der Waals surface area contributed by atoms with Crippen LogP contribution in [0.4, 0.5) is 5.69 Å². The molecule has 0 aliphatic rings. The topological polar surface area (TPSA) is 78.7 Å². The number of nitriles is 1. The first kappa shape index (κ1) is 14.6. The summed E-state index contributed by atoms with van der Waals surface area (Å²) in [5.74, 6) is -0.276. The molecule has 7 heteroatoms. The van der Waals surface area contributed by atoms with Crippen molar-refractivity contribution in [3.8, 4) is 6.07 Å². The van der Waals surface area contributed by atoms with Crippen LogP contribution in [-0.2, 0) is 6.42 Å². The fourth-order valence-electron chi connectivity index (χ4n) is 1.68. The highest BCUT2D eigenvalue weighted by Gasteiger charge is 2.17. The maximum Gasteiger partial charge on any atom is 0.269 e. The van der Waals surface area contributed by atoms with E-state index in [2.05, 4.69) is 36.9 Å². The molecular weight excluding hydrogens is 340 g/mol. The second-order valence-electron chi connectivity index (χ2n) is 4.05. The molecule has 0 atom stereocenters. The van der Waals surface area contributed by atoms with Gasteiger partial charge in [0.15, 0.2) is 0 Å². The van der Waals surface area contributed by atoms with Crippen LogP contribution in [0.5, 0.6) is 0 Å². The Morgan fingerprint density at radius 2 is 2.35 bits per heavy atom. The summed E-state index contributed by atoms with van der Waals surface area (Å²) in [7, 11) is 0. The summed E-state index contributed by atoms with van der Waals surface area (Å²) in [5, 5.41) is 15.8. The normalized spacial score (nSPS) is 10.1. The predicted molar refractivity (Wildman–Crippen MR) is 80.7 cm³/mol. The summed E-state index contributed by atoms with van der Waals surface area (Å²) in [4.78, 5) is 12.7. The summed E-state index contributed by atoms with van der Waals surface area (Å²) in [5.41, 5.74) is 1.59. The van der Waals surface area contributed by atoms with Crippen LogP contribution in [0.1, 0.15) is 34.3 Å². The molecule has 1 aromatic carbocycles. The number of rotatable bonds is 4. The number of hydrogen-bond acceptors (Lipinski definition) is 5. The number of aryl methyl sites for hydroxylation is 1. The molecule has 1 aromatic heterocycles. The lowest BCUT2D eigenvalue weighted by molar-refractivity contribution is 0.102. The van der Waals surface area contributed by atoms with E-state index < -0.39 is 0 Å². The van der Waals surface area contributed by atoms with Crippen LogP contribution in [0.25, 0.3) is 0 Å². The molecule has 1 heterocycles. The third-order valence-corrected chi connectivity index (χ3v) is 3.86. The third-order valence-electron chi connectivity index (χ3n) is 2.60. The van der Waals surface area contributed by atoms with Gasteiger partial charge in [0, 0.05) is 4.47 Å². The molecule has 1 amide bonds. The highest BCUT2D eigenvalue weighted by molar-refractivity contribution is 9.10. The van der Waals surface area contributed by atoms with Gasteiger partial charge >= 0.3 is 0 Å². The monoisotopic (exact) mass is 350 g/mol. The number of amides is 1. The van der Waals surface area contributed by atoms with Gasteiger partial charge in [-0.25, -0.2) is 0 Å². The molecule has 1 N–H and O–H groups in total.